The Hall–Kier alpha value is -2.08. The molecule has 6 heteroatoms. The molecule has 0 bridgehead atoms. The van der Waals surface area contributed by atoms with Gasteiger partial charge in [-0.15, -0.1) is 0 Å². The van der Waals surface area contributed by atoms with Crippen LogP contribution in [0, 0.1) is 12.8 Å². The largest absolute Gasteiger partial charge is 0.469 e. The van der Waals surface area contributed by atoms with E-state index in [0.717, 1.165) is 31.7 Å². The summed E-state index contributed by atoms with van der Waals surface area (Å²) < 4.78 is 7.22. The maximum atomic E-state index is 12.6. The first-order valence-electron chi connectivity index (χ1n) is 8.46. The number of likely N-dealkylation sites (tertiary alicyclic amines) is 1. The molecule has 1 saturated heterocycles. The first-order chi connectivity index (χ1) is 11.5. The normalized spacial score (nSPS) is 21.8. The first-order valence-corrected chi connectivity index (χ1v) is 8.46. The SMILES string of the molecule is Cc1cc(C(=O)N(C)C[C@@H]2CCCN(C)[C@H]2c2ccnn2C)co1. The monoisotopic (exact) mass is 330 g/mol. The lowest BCUT2D eigenvalue weighted by Gasteiger charge is -2.40. The van der Waals surface area contributed by atoms with E-state index in [1.807, 2.05) is 36.8 Å². The van der Waals surface area contributed by atoms with Crippen LogP contribution in [-0.2, 0) is 7.05 Å². The Morgan fingerprint density at radius 3 is 2.88 bits per heavy atom. The number of nitrogens with zero attached hydrogens (tertiary/aromatic N) is 4. The van der Waals surface area contributed by atoms with Crippen LogP contribution in [-0.4, -0.2) is 52.7 Å². The van der Waals surface area contributed by atoms with Crippen LogP contribution in [0.4, 0.5) is 0 Å². The zero-order valence-electron chi connectivity index (χ0n) is 14.9. The van der Waals surface area contributed by atoms with Gasteiger partial charge in [-0.05, 0) is 51.4 Å². The van der Waals surface area contributed by atoms with Crippen LogP contribution < -0.4 is 0 Å². The third-order valence-corrected chi connectivity index (χ3v) is 5.00. The number of hydrogen-bond donors (Lipinski definition) is 0. The molecule has 24 heavy (non-hydrogen) atoms. The second kappa shape index (κ2) is 6.81. The molecule has 0 aromatic carbocycles. The number of furan rings is 1. The summed E-state index contributed by atoms with van der Waals surface area (Å²) in [6.07, 6.45) is 5.66. The number of piperidine rings is 1. The topological polar surface area (TPSA) is 54.5 Å². The number of carbonyl (C=O) groups excluding carboxylic acids is 1. The molecule has 0 N–H and O–H groups in total. The second-order valence-electron chi connectivity index (χ2n) is 6.84. The fraction of sp³-hybridized carbons (Fsp3) is 0.556. The van der Waals surface area contributed by atoms with Crippen LogP contribution in [0.15, 0.2) is 29.0 Å². The quantitative estimate of drug-likeness (QED) is 0.864. The number of rotatable bonds is 4. The molecule has 0 saturated carbocycles. The van der Waals surface area contributed by atoms with E-state index >= 15 is 0 Å². The number of hydrogen-bond acceptors (Lipinski definition) is 4. The summed E-state index contributed by atoms with van der Waals surface area (Å²) in [6, 6.07) is 4.16. The van der Waals surface area contributed by atoms with Crippen molar-refractivity contribution in [3.8, 4) is 0 Å². The molecule has 0 spiro atoms. The van der Waals surface area contributed by atoms with Crippen molar-refractivity contribution in [1.82, 2.24) is 19.6 Å². The molecule has 0 aliphatic carbocycles. The highest BCUT2D eigenvalue weighted by molar-refractivity contribution is 5.93. The first kappa shape index (κ1) is 16.8. The van der Waals surface area contributed by atoms with Crippen molar-refractivity contribution in [2.45, 2.75) is 25.8 Å². The minimum atomic E-state index is 0.0174. The number of carbonyl (C=O) groups is 1. The molecule has 6 nitrogen and oxygen atoms in total. The Bertz CT molecular complexity index is 705. The molecular formula is C18H26N4O2. The van der Waals surface area contributed by atoms with Crippen LogP contribution >= 0.6 is 0 Å². The van der Waals surface area contributed by atoms with Gasteiger partial charge in [-0.3, -0.25) is 14.4 Å². The Morgan fingerprint density at radius 2 is 2.25 bits per heavy atom. The number of amides is 1. The molecule has 1 aliphatic rings. The number of aromatic nitrogens is 2. The van der Waals surface area contributed by atoms with Crippen molar-refractivity contribution >= 4 is 5.91 Å². The summed E-state index contributed by atoms with van der Waals surface area (Å²) in [7, 11) is 6.02. The van der Waals surface area contributed by atoms with Crippen molar-refractivity contribution < 1.29 is 9.21 Å². The van der Waals surface area contributed by atoms with Gasteiger partial charge in [0.25, 0.3) is 5.91 Å². The van der Waals surface area contributed by atoms with Gasteiger partial charge in [-0.25, -0.2) is 0 Å². The molecule has 2 aromatic rings. The van der Waals surface area contributed by atoms with Crippen LogP contribution in [0.2, 0.25) is 0 Å². The molecule has 3 rings (SSSR count). The van der Waals surface area contributed by atoms with E-state index in [4.69, 9.17) is 4.42 Å². The lowest BCUT2D eigenvalue weighted by molar-refractivity contribution is 0.0630. The molecule has 2 aromatic heterocycles. The van der Waals surface area contributed by atoms with Crippen molar-refractivity contribution in [3.05, 3.63) is 41.6 Å². The maximum Gasteiger partial charge on any atom is 0.256 e. The summed E-state index contributed by atoms with van der Waals surface area (Å²) in [5.41, 5.74) is 1.83. The van der Waals surface area contributed by atoms with Crippen molar-refractivity contribution in [1.29, 1.82) is 0 Å². The standard InChI is InChI=1S/C18H26N4O2/c1-13-10-15(12-24-13)18(23)21(3)11-14-6-5-9-20(2)17(14)16-7-8-19-22(16)4/h7-8,10,12,14,17H,5-6,9,11H2,1-4H3/t14-,17+/m0/s1. The van der Waals surface area contributed by atoms with E-state index in [1.165, 1.54) is 5.69 Å². The average molecular weight is 330 g/mol. The summed E-state index contributed by atoms with van der Waals surface area (Å²) in [5.74, 6) is 1.17. The van der Waals surface area contributed by atoms with E-state index < -0.39 is 0 Å². The molecule has 3 heterocycles. The third kappa shape index (κ3) is 3.24. The van der Waals surface area contributed by atoms with Crippen molar-refractivity contribution in [2.24, 2.45) is 13.0 Å². The molecule has 2 atom stereocenters. The lowest BCUT2D eigenvalue weighted by Crippen LogP contribution is -2.43. The van der Waals surface area contributed by atoms with Gasteiger partial charge in [0.1, 0.15) is 12.0 Å². The predicted molar refractivity (Wildman–Crippen MR) is 91.7 cm³/mol. The summed E-state index contributed by atoms with van der Waals surface area (Å²) in [6.45, 7) is 3.65. The average Bonchev–Trinajstić information content (AvgIpc) is 3.15. The molecule has 130 valence electrons. The minimum Gasteiger partial charge on any atom is -0.469 e. The maximum absolute atomic E-state index is 12.6. The van der Waals surface area contributed by atoms with E-state index in [-0.39, 0.29) is 11.9 Å². The van der Waals surface area contributed by atoms with Crippen molar-refractivity contribution in [3.63, 3.8) is 0 Å². The highest BCUT2D eigenvalue weighted by Crippen LogP contribution is 2.35. The van der Waals surface area contributed by atoms with Gasteiger partial charge < -0.3 is 9.32 Å². The zero-order chi connectivity index (χ0) is 17.3. The van der Waals surface area contributed by atoms with Gasteiger partial charge in [0.2, 0.25) is 0 Å². The van der Waals surface area contributed by atoms with E-state index in [0.29, 0.717) is 11.5 Å². The molecule has 1 amide bonds. The zero-order valence-corrected chi connectivity index (χ0v) is 14.9. The lowest BCUT2D eigenvalue weighted by atomic mass is 9.87. The van der Waals surface area contributed by atoms with Gasteiger partial charge >= 0.3 is 0 Å². The van der Waals surface area contributed by atoms with Crippen molar-refractivity contribution in [2.75, 3.05) is 27.2 Å². The van der Waals surface area contributed by atoms with Gasteiger partial charge in [0, 0.05) is 26.8 Å². The highest BCUT2D eigenvalue weighted by Gasteiger charge is 2.33. The Labute approximate surface area is 143 Å². The van der Waals surface area contributed by atoms with E-state index in [9.17, 15) is 4.79 Å². The van der Waals surface area contributed by atoms with Gasteiger partial charge in [0.15, 0.2) is 0 Å². The Kier molecular flexibility index (Phi) is 4.76. The Morgan fingerprint density at radius 1 is 1.46 bits per heavy atom. The second-order valence-corrected chi connectivity index (χ2v) is 6.84. The van der Waals surface area contributed by atoms with Crippen LogP contribution in [0.5, 0.6) is 0 Å². The highest BCUT2D eigenvalue weighted by atomic mass is 16.3. The smallest absolute Gasteiger partial charge is 0.256 e. The molecule has 0 radical (unpaired) electrons. The molecule has 0 unspecified atom stereocenters. The van der Waals surface area contributed by atoms with Gasteiger partial charge in [-0.2, -0.15) is 5.10 Å². The fourth-order valence-corrected chi connectivity index (χ4v) is 3.80. The van der Waals surface area contributed by atoms with E-state index in [1.54, 1.807) is 12.3 Å². The van der Waals surface area contributed by atoms with Crippen LogP contribution in [0.1, 0.15) is 40.7 Å². The molecule has 1 aliphatic heterocycles. The minimum absolute atomic E-state index is 0.0174. The van der Waals surface area contributed by atoms with Crippen LogP contribution in [0.25, 0.3) is 0 Å². The van der Waals surface area contributed by atoms with Gasteiger partial charge in [0.05, 0.1) is 17.3 Å². The Balaban J connectivity index is 1.76. The molecular weight excluding hydrogens is 304 g/mol. The van der Waals surface area contributed by atoms with Gasteiger partial charge in [-0.1, -0.05) is 0 Å². The summed E-state index contributed by atoms with van der Waals surface area (Å²) in [4.78, 5) is 16.8. The van der Waals surface area contributed by atoms with Crippen LogP contribution in [0.3, 0.4) is 0 Å². The summed E-state index contributed by atoms with van der Waals surface area (Å²) >= 11 is 0. The number of aryl methyl sites for hydroxylation is 2. The third-order valence-electron chi connectivity index (χ3n) is 5.00. The molecule has 1 fully saturated rings. The fourth-order valence-electron chi connectivity index (χ4n) is 3.80. The van der Waals surface area contributed by atoms with E-state index in [2.05, 4.69) is 23.1 Å². The predicted octanol–water partition coefficient (Wildman–Crippen LogP) is 2.48. The summed E-state index contributed by atoms with van der Waals surface area (Å²) in [5, 5.41) is 4.32.